The van der Waals surface area contributed by atoms with Crippen LogP contribution in [0.2, 0.25) is 4.34 Å². The molecule has 1 aliphatic heterocycles. The molecule has 0 radical (unpaired) electrons. The third kappa shape index (κ3) is 2.75. The summed E-state index contributed by atoms with van der Waals surface area (Å²) in [5.74, 6) is 0.528. The molecule has 0 aliphatic carbocycles. The number of aromatic nitrogens is 2. The lowest BCUT2D eigenvalue weighted by Crippen LogP contribution is -2.35. The standard InChI is InChI=1S/C19H18ClN5S/c1-12-16(7-17(20)26-12)19(10-25(2)18(21)24-19)15-5-3-4-13(6-15)14-8-22-11-23-9-14/h3-9,11H,10H2,1-2H3,(H2,21,24). The maximum Gasteiger partial charge on any atom is 0.192 e. The first-order valence-electron chi connectivity index (χ1n) is 8.18. The van der Waals surface area contributed by atoms with Gasteiger partial charge in [0.1, 0.15) is 11.9 Å². The van der Waals surface area contributed by atoms with E-state index in [0.29, 0.717) is 12.5 Å². The molecule has 2 aromatic heterocycles. The number of aliphatic imine (C=N–C) groups is 1. The van der Waals surface area contributed by atoms with Gasteiger partial charge in [0.15, 0.2) is 5.96 Å². The summed E-state index contributed by atoms with van der Waals surface area (Å²) in [7, 11) is 1.96. The number of nitrogens with two attached hydrogens (primary N) is 1. The quantitative estimate of drug-likeness (QED) is 0.749. The number of rotatable bonds is 3. The van der Waals surface area contributed by atoms with Crippen LogP contribution in [0.1, 0.15) is 16.0 Å². The van der Waals surface area contributed by atoms with Crippen LogP contribution in [0.4, 0.5) is 0 Å². The predicted molar refractivity (Wildman–Crippen MR) is 107 cm³/mol. The normalized spacial score (nSPS) is 19.7. The fourth-order valence-corrected chi connectivity index (χ4v) is 4.72. The number of hydrogen-bond donors (Lipinski definition) is 1. The fraction of sp³-hybridized carbons (Fsp3) is 0.211. The van der Waals surface area contributed by atoms with Crippen molar-refractivity contribution in [3.8, 4) is 11.1 Å². The zero-order chi connectivity index (χ0) is 18.3. The van der Waals surface area contributed by atoms with E-state index in [-0.39, 0.29) is 0 Å². The number of thiophene rings is 1. The van der Waals surface area contributed by atoms with Crippen molar-refractivity contribution >= 4 is 28.9 Å². The summed E-state index contributed by atoms with van der Waals surface area (Å²) >= 11 is 7.87. The number of halogens is 1. The molecule has 1 unspecified atom stereocenters. The van der Waals surface area contributed by atoms with Crippen LogP contribution in [0, 0.1) is 6.92 Å². The summed E-state index contributed by atoms with van der Waals surface area (Å²) < 4.78 is 0.757. The Hall–Kier alpha value is -2.44. The highest BCUT2D eigenvalue weighted by atomic mass is 35.5. The Morgan fingerprint density at radius 1 is 1.19 bits per heavy atom. The lowest BCUT2D eigenvalue weighted by Gasteiger charge is -2.28. The summed E-state index contributed by atoms with van der Waals surface area (Å²) in [6, 6.07) is 10.3. The molecule has 1 aliphatic rings. The van der Waals surface area contributed by atoms with Crippen LogP contribution in [-0.2, 0) is 5.54 Å². The van der Waals surface area contributed by atoms with Gasteiger partial charge in [0.2, 0.25) is 0 Å². The molecule has 0 bridgehead atoms. The summed E-state index contributed by atoms with van der Waals surface area (Å²) in [5, 5.41) is 0. The summed E-state index contributed by atoms with van der Waals surface area (Å²) in [4.78, 5) is 16.3. The molecule has 3 heterocycles. The van der Waals surface area contributed by atoms with Gasteiger partial charge in [0.25, 0.3) is 0 Å². The molecule has 7 heteroatoms. The average molecular weight is 384 g/mol. The molecular formula is C19H18ClN5S. The van der Waals surface area contributed by atoms with Crippen molar-refractivity contribution in [2.24, 2.45) is 10.7 Å². The third-order valence-electron chi connectivity index (χ3n) is 4.73. The molecule has 1 aromatic carbocycles. The van der Waals surface area contributed by atoms with Crippen molar-refractivity contribution in [2.75, 3.05) is 13.6 Å². The number of nitrogens with zero attached hydrogens (tertiary/aromatic N) is 4. The molecule has 2 N–H and O–H groups in total. The number of hydrogen-bond acceptors (Lipinski definition) is 6. The van der Waals surface area contributed by atoms with E-state index in [2.05, 4.69) is 35.1 Å². The van der Waals surface area contributed by atoms with Gasteiger partial charge < -0.3 is 10.6 Å². The predicted octanol–water partition coefficient (Wildman–Crippen LogP) is 3.67. The largest absolute Gasteiger partial charge is 0.370 e. The van der Waals surface area contributed by atoms with Crippen LogP contribution in [0.3, 0.4) is 0 Å². The fourth-order valence-electron chi connectivity index (χ4n) is 3.46. The Bertz CT molecular complexity index is 985. The van der Waals surface area contributed by atoms with Crippen LogP contribution in [0.15, 0.2) is 54.0 Å². The van der Waals surface area contributed by atoms with Crippen LogP contribution in [-0.4, -0.2) is 34.4 Å². The summed E-state index contributed by atoms with van der Waals surface area (Å²) in [5.41, 5.74) is 9.77. The molecule has 132 valence electrons. The Balaban J connectivity index is 1.91. The van der Waals surface area contributed by atoms with Crippen molar-refractivity contribution in [1.82, 2.24) is 14.9 Å². The van der Waals surface area contributed by atoms with E-state index >= 15 is 0 Å². The third-order valence-corrected chi connectivity index (χ3v) is 5.91. The second-order valence-corrected chi connectivity index (χ2v) is 8.30. The minimum atomic E-state index is -0.571. The first kappa shape index (κ1) is 17.0. The molecule has 0 saturated carbocycles. The monoisotopic (exact) mass is 383 g/mol. The van der Waals surface area contributed by atoms with Gasteiger partial charge >= 0.3 is 0 Å². The molecule has 26 heavy (non-hydrogen) atoms. The van der Waals surface area contributed by atoms with Crippen molar-refractivity contribution in [3.05, 3.63) is 69.4 Å². The Morgan fingerprint density at radius 3 is 2.58 bits per heavy atom. The van der Waals surface area contributed by atoms with E-state index in [9.17, 15) is 0 Å². The van der Waals surface area contributed by atoms with Gasteiger partial charge in [-0.2, -0.15) is 0 Å². The molecular weight excluding hydrogens is 366 g/mol. The number of benzene rings is 1. The van der Waals surface area contributed by atoms with Gasteiger partial charge in [-0.1, -0.05) is 29.8 Å². The molecule has 0 saturated heterocycles. The molecule has 5 nitrogen and oxygen atoms in total. The molecule has 0 spiro atoms. The second kappa shape index (κ2) is 6.37. The zero-order valence-electron chi connectivity index (χ0n) is 14.5. The van der Waals surface area contributed by atoms with Crippen molar-refractivity contribution in [2.45, 2.75) is 12.5 Å². The second-order valence-electron chi connectivity index (χ2n) is 6.41. The highest BCUT2D eigenvalue weighted by Crippen LogP contribution is 2.44. The number of aryl methyl sites for hydroxylation is 1. The van der Waals surface area contributed by atoms with E-state index in [0.717, 1.165) is 31.5 Å². The van der Waals surface area contributed by atoms with Crippen LogP contribution in [0.25, 0.3) is 11.1 Å². The molecule has 0 fully saturated rings. The maximum absolute atomic E-state index is 6.30. The van der Waals surface area contributed by atoms with Crippen LogP contribution >= 0.6 is 22.9 Å². The first-order valence-corrected chi connectivity index (χ1v) is 9.38. The van der Waals surface area contributed by atoms with Crippen LogP contribution in [0.5, 0.6) is 0 Å². The van der Waals surface area contributed by atoms with E-state index in [4.69, 9.17) is 22.3 Å². The Morgan fingerprint density at radius 2 is 1.96 bits per heavy atom. The lowest BCUT2D eigenvalue weighted by atomic mass is 9.83. The Labute approximate surface area is 161 Å². The van der Waals surface area contributed by atoms with E-state index in [1.165, 1.54) is 6.33 Å². The van der Waals surface area contributed by atoms with Crippen molar-refractivity contribution in [3.63, 3.8) is 0 Å². The molecule has 4 rings (SSSR count). The minimum Gasteiger partial charge on any atom is -0.370 e. The van der Waals surface area contributed by atoms with Crippen molar-refractivity contribution < 1.29 is 0 Å². The highest BCUT2D eigenvalue weighted by Gasteiger charge is 2.42. The Kier molecular flexibility index (Phi) is 4.17. The lowest BCUT2D eigenvalue weighted by molar-refractivity contribution is 0.432. The molecule has 0 amide bonds. The van der Waals surface area contributed by atoms with Crippen molar-refractivity contribution in [1.29, 1.82) is 0 Å². The minimum absolute atomic E-state index is 0.528. The molecule has 1 atom stereocenters. The number of likely N-dealkylation sites (N-methyl/N-ethyl adjacent to an activating group) is 1. The SMILES string of the molecule is Cc1sc(Cl)cc1C1(c2cccc(-c3cncnc3)c2)CN(C)C(N)=N1. The zero-order valence-corrected chi connectivity index (χ0v) is 16.1. The van der Waals surface area contributed by atoms with E-state index < -0.39 is 5.54 Å². The summed E-state index contributed by atoms with van der Waals surface area (Å²) in [6.45, 7) is 2.74. The molecule has 3 aromatic rings. The van der Waals surface area contributed by atoms with E-state index in [1.807, 2.05) is 36.5 Å². The smallest absolute Gasteiger partial charge is 0.192 e. The van der Waals surface area contributed by atoms with Gasteiger partial charge in [-0.15, -0.1) is 11.3 Å². The number of guanidine groups is 1. The van der Waals surface area contributed by atoms with Crippen LogP contribution < -0.4 is 5.73 Å². The van der Waals surface area contributed by atoms with Gasteiger partial charge in [-0.3, -0.25) is 0 Å². The maximum atomic E-state index is 6.30. The average Bonchev–Trinajstić information content (AvgIpc) is 3.15. The van der Waals surface area contributed by atoms with Gasteiger partial charge in [0, 0.05) is 35.4 Å². The van der Waals surface area contributed by atoms with Gasteiger partial charge in [0.05, 0.1) is 10.9 Å². The first-order chi connectivity index (χ1) is 12.5. The highest BCUT2D eigenvalue weighted by molar-refractivity contribution is 7.16. The topological polar surface area (TPSA) is 67.4 Å². The van der Waals surface area contributed by atoms with Gasteiger partial charge in [-0.05, 0) is 30.2 Å². The van der Waals surface area contributed by atoms with E-state index in [1.54, 1.807) is 11.3 Å². The van der Waals surface area contributed by atoms with Gasteiger partial charge in [-0.25, -0.2) is 15.0 Å². The summed E-state index contributed by atoms with van der Waals surface area (Å²) in [6.07, 6.45) is 5.15.